The Bertz CT molecular complexity index is 1530. The van der Waals surface area contributed by atoms with E-state index in [0.717, 1.165) is 38.5 Å². The van der Waals surface area contributed by atoms with Gasteiger partial charge in [0.1, 0.15) is 43.2 Å². The average Bonchev–Trinajstić information content (AvgIpc) is 3.27. The van der Waals surface area contributed by atoms with Crippen LogP contribution in [-0.2, 0) is 41.8 Å². The van der Waals surface area contributed by atoms with Gasteiger partial charge in [-0.2, -0.15) is 0 Å². The number of unbranched alkanes of at least 4 members (excludes halogenated alkanes) is 15. The zero-order valence-electron chi connectivity index (χ0n) is 39.2. The third-order valence-corrected chi connectivity index (χ3v) is 12.2. The van der Waals surface area contributed by atoms with E-state index >= 15 is 0 Å². The molecule has 0 amide bonds. The van der Waals surface area contributed by atoms with Crippen molar-refractivity contribution < 1.29 is 82.0 Å². The number of hydrogen-bond donors (Lipinski definition) is 8. The lowest BCUT2D eigenvalue weighted by molar-refractivity contribution is -0.216. The maximum atomic E-state index is 13.0. The fraction of sp³-hybridized carbons (Fsp3) is 0.745. The molecule has 0 radical (unpaired) electrons. The molecule has 0 aromatic rings. The van der Waals surface area contributed by atoms with E-state index in [2.05, 4.69) is 11.4 Å². The van der Waals surface area contributed by atoms with E-state index in [-0.39, 0.29) is 12.8 Å². The van der Waals surface area contributed by atoms with Gasteiger partial charge in [-0.3, -0.25) is 23.2 Å². The number of carbonyl (C=O) groups is 2. The van der Waals surface area contributed by atoms with Crippen LogP contribution < -0.4 is 0 Å². The maximum absolute atomic E-state index is 13.0. The molecule has 382 valence electrons. The van der Waals surface area contributed by atoms with Gasteiger partial charge in [0.05, 0.1) is 12.7 Å². The first kappa shape index (κ1) is 61.7. The second kappa shape index (κ2) is 37.5. The summed E-state index contributed by atoms with van der Waals surface area (Å²) in [5, 5.41) is 51.0. The Morgan fingerprint density at radius 3 is 1.67 bits per heavy atom. The molecule has 0 bridgehead atoms. The van der Waals surface area contributed by atoms with E-state index in [1.54, 1.807) is 6.08 Å². The van der Waals surface area contributed by atoms with Gasteiger partial charge in [0, 0.05) is 12.8 Å². The Balaban J connectivity index is 2.64. The smallest absolute Gasteiger partial charge is 0.462 e. The highest BCUT2D eigenvalue weighted by Crippen LogP contribution is 2.49. The van der Waals surface area contributed by atoms with Crippen LogP contribution in [-0.4, -0.2) is 114 Å². The molecule has 1 aliphatic carbocycles. The molecule has 8 N–H and O–H groups in total. The van der Waals surface area contributed by atoms with Crippen LogP contribution in [0.2, 0.25) is 0 Å². The van der Waals surface area contributed by atoms with Crippen LogP contribution in [0, 0.1) is 0 Å². The lowest BCUT2D eigenvalue weighted by Crippen LogP contribution is -2.64. The first-order valence-electron chi connectivity index (χ1n) is 23.9. The van der Waals surface area contributed by atoms with Crippen LogP contribution in [0.15, 0.2) is 60.8 Å². The zero-order valence-corrected chi connectivity index (χ0v) is 41.0. The normalized spacial score (nSPS) is 22.5. The van der Waals surface area contributed by atoms with Gasteiger partial charge in [0.15, 0.2) is 6.10 Å². The second-order valence-corrected chi connectivity index (χ2v) is 19.3. The van der Waals surface area contributed by atoms with Crippen LogP contribution in [0.5, 0.6) is 0 Å². The molecule has 1 saturated carbocycles. The SMILES string of the molecule is CC/C=C\C(O)C/C=C/C=C\C/C=C\C/C=C\CCCC(=O)O[C@H](COC(=O)CCCCCCCCCCCCCCCCC)COP(=O)(O)O[C@H]1C(O)C(O)C(O)[C@@H](OP(=O)(O)O)C1O. The van der Waals surface area contributed by atoms with Crippen LogP contribution in [0.3, 0.4) is 0 Å². The number of allylic oxidation sites excluding steroid dienone is 8. The minimum atomic E-state index is -5.38. The predicted octanol–water partition coefficient (Wildman–Crippen LogP) is 8.03. The van der Waals surface area contributed by atoms with Crippen LogP contribution >= 0.6 is 15.6 Å². The molecule has 66 heavy (non-hydrogen) atoms. The number of ether oxygens (including phenoxy) is 2. The van der Waals surface area contributed by atoms with E-state index in [9.17, 15) is 58.9 Å². The Kier molecular flexibility index (Phi) is 35.1. The number of esters is 2. The topological polar surface area (TPSA) is 276 Å². The van der Waals surface area contributed by atoms with Gasteiger partial charge < -0.3 is 49.7 Å². The van der Waals surface area contributed by atoms with Crippen molar-refractivity contribution in [3.8, 4) is 0 Å². The van der Waals surface area contributed by atoms with Crippen LogP contribution in [0.25, 0.3) is 0 Å². The molecule has 1 fully saturated rings. The summed E-state index contributed by atoms with van der Waals surface area (Å²) in [7, 11) is -10.7. The molecule has 0 aliphatic heterocycles. The van der Waals surface area contributed by atoms with E-state index in [0.29, 0.717) is 32.1 Å². The molecule has 19 heteroatoms. The average molecular weight is 981 g/mol. The summed E-state index contributed by atoms with van der Waals surface area (Å²) in [5.74, 6) is -1.30. The van der Waals surface area contributed by atoms with Crippen molar-refractivity contribution in [3.05, 3.63) is 60.8 Å². The fourth-order valence-corrected chi connectivity index (χ4v) is 8.50. The highest BCUT2D eigenvalue weighted by Gasteiger charge is 2.54. The fourth-order valence-electron chi connectivity index (χ4n) is 6.96. The molecule has 1 aliphatic rings. The molecule has 17 nitrogen and oxygen atoms in total. The Morgan fingerprint density at radius 2 is 1.09 bits per heavy atom. The summed E-state index contributed by atoms with van der Waals surface area (Å²) < 4.78 is 49.3. The molecule has 1 rings (SSSR count). The molecule has 9 atom stereocenters. The lowest BCUT2D eigenvalue weighted by atomic mass is 9.85. The molecule has 0 aromatic heterocycles. The highest BCUT2D eigenvalue weighted by atomic mass is 31.2. The van der Waals surface area contributed by atoms with Crippen molar-refractivity contribution in [1.29, 1.82) is 0 Å². The van der Waals surface area contributed by atoms with E-state index in [4.69, 9.17) is 18.5 Å². The van der Waals surface area contributed by atoms with Crippen LogP contribution in [0.1, 0.15) is 162 Å². The quantitative estimate of drug-likeness (QED) is 0.00951. The Morgan fingerprint density at radius 1 is 0.576 bits per heavy atom. The molecule has 0 aromatic carbocycles. The maximum Gasteiger partial charge on any atom is 0.472 e. The summed E-state index contributed by atoms with van der Waals surface area (Å²) in [6.07, 6.45) is 25.2. The summed E-state index contributed by atoms with van der Waals surface area (Å²) in [6.45, 7) is 2.83. The first-order chi connectivity index (χ1) is 31.5. The van der Waals surface area contributed by atoms with Gasteiger partial charge in [-0.25, -0.2) is 9.13 Å². The van der Waals surface area contributed by atoms with Crippen molar-refractivity contribution in [2.45, 2.75) is 210 Å². The molecule has 6 unspecified atom stereocenters. The molecule has 0 spiro atoms. The number of rotatable bonds is 39. The van der Waals surface area contributed by atoms with Crippen molar-refractivity contribution in [2.75, 3.05) is 13.2 Å². The molecular weight excluding hydrogens is 898 g/mol. The molecule has 0 heterocycles. The van der Waals surface area contributed by atoms with Gasteiger partial charge in [0.25, 0.3) is 0 Å². The largest absolute Gasteiger partial charge is 0.472 e. The minimum Gasteiger partial charge on any atom is -0.462 e. The van der Waals surface area contributed by atoms with E-state index in [1.807, 2.05) is 61.6 Å². The highest BCUT2D eigenvalue weighted by molar-refractivity contribution is 7.47. The van der Waals surface area contributed by atoms with Gasteiger partial charge in [0.2, 0.25) is 0 Å². The number of phosphoric ester groups is 2. The monoisotopic (exact) mass is 981 g/mol. The standard InChI is InChI=1S/C47H82O17P2/c1-3-5-7-8-9-10-11-12-13-14-18-21-24-27-30-34-40(49)60-36-39(37-61-66(58,59)64-47-44(53)42(51)43(52)46(45(47)54)63-65(55,56)57)62-41(50)35-31-28-25-22-19-16-15-17-20-23-26-29-33-38(48)32-6-4-2/h6,15-16,20,22-23,25-26,29,32,38-39,42-48,51-54H,3-5,7-14,17-19,21,24,27-28,30-31,33-37H2,1-2H3,(H,58,59)(H2,55,56,57)/b16-15-,23-20-,25-22-,29-26+,32-6-/t38?,39-,42?,43?,44?,45?,46-,47+/m1/s1. The predicted molar refractivity (Wildman–Crippen MR) is 252 cm³/mol. The van der Waals surface area contributed by atoms with Gasteiger partial charge in [-0.15, -0.1) is 0 Å². The van der Waals surface area contributed by atoms with E-state index < -0.39 is 89.6 Å². The summed E-state index contributed by atoms with van der Waals surface area (Å²) in [5.41, 5.74) is 0. The molecule has 0 saturated heterocycles. The van der Waals surface area contributed by atoms with Crippen LogP contribution in [0.4, 0.5) is 0 Å². The van der Waals surface area contributed by atoms with Crippen molar-refractivity contribution in [1.82, 2.24) is 0 Å². The van der Waals surface area contributed by atoms with Crippen molar-refractivity contribution in [3.63, 3.8) is 0 Å². The lowest BCUT2D eigenvalue weighted by Gasteiger charge is -2.43. The van der Waals surface area contributed by atoms with E-state index in [1.165, 1.54) is 64.2 Å². The summed E-state index contributed by atoms with van der Waals surface area (Å²) >= 11 is 0. The minimum absolute atomic E-state index is 0.0527. The molecular formula is C47H82O17P2. The van der Waals surface area contributed by atoms with Gasteiger partial charge in [-0.1, -0.05) is 164 Å². The number of hydrogen-bond acceptors (Lipinski definition) is 14. The summed E-state index contributed by atoms with van der Waals surface area (Å²) in [4.78, 5) is 54.3. The summed E-state index contributed by atoms with van der Waals surface area (Å²) in [6, 6.07) is 0. The van der Waals surface area contributed by atoms with Gasteiger partial charge >= 0.3 is 27.6 Å². The number of aliphatic hydroxyl groups excluding tert-OH is 5. The Hall–Kier alpha value is -2.34. The number of phosphoric acid groups is 2. The zero-order chi connectivity index (χ0) is 49.1. The second-order valence-electron chi connectivity index (χ2n) is 16.7. The van der Waals surface area contributed by atoms with Crippen molar-refractivity contribution in [2.24, 2.45) is 0 Å². The first-order valence-corrected chi connectivity index (χ1v) is 27.0. The number of aliphatic hydroxyl groups is 5. The van der Waals surface area contributed by atoms with Gasteiger partial charge in [-0.05, 0) is 44.9 Å². The Labute approximate surface area is 392 Å². The third kappa shape index (κ3) is 31.7. The van der Waals surface area contributed by atoms with Crippen molar-refractivity contribution >= 4 is 27.6 Å². The number of carbonyl (C=O) groups excluding carboxylic acids is 2. The third-order valence-electron chi connectivity index (χ3n) is 10.7.